The highest BCUT2D eigenvalue weighted by molar-refractivity contribution is 5.20. The van der Waals surface area contributed by atoms with Crippen LogP contribution >= 0.6 is 0 Å². The SMILES string of the molecule is CC(C)(O)[C@H]1CC[C@@](C)([C@H]2CC[C@]3(C)[C@@H]2[C@H](O)C[C@@H]2[C@@]4(C)CC[C@H](N)C(C)(C)[C@@H]4CC[C@]23C)O1. The first-order valence-corrected chi connectivity index (χ1v) is 14.3. The first-order valence-electron chi connectivity index (χ1n) is 14.3. The lowest BCUT2D eigenvalue weighted by Gasteiger charge is -2.70. The third kappa shape index (κ3) is 3.16. The van der Waals surface area contributed by atoms with Crippen LogP contribution in [0, 0.1) is 45.3 Å². The highest BCUT2D eigenvalue weighted by atomic mass is 16.5. The molecule has 4 nitrogen and oxygen atoms in total. The first-order chi connectivity index (χ1) is 15.5. The third-order valence-electron chi connectivity index (χ3n) is 13.4. The molecule has 0 spiro atoms. The molecule has 0 amide bonds. The molecule has 1 aliphatic heterocycles. The minimum absolute atomic E-state index is 0.114. The third-order valence-corrected chi connectivity index (χ3v) is 13.4. The van der Waals surface area contributed by atoms with E-state index in [1.807, 2.05) is 13.8 Å². The van der Waals surface area contributed by atoms with Crippen molar-refractivity contribution in [3.05, 3.63) is 0 Å². The molecule has 0 aromatic rings. The molecule has 34 heavy (non-hydrogen) atoms. The van der Waals surface area contributed by atoms with Crippen LogP contribution in [0.15, 0.2) is 0 Å². The largest absolute Gasteiger partial charge is 0.393 e. The molecule has 4 N–H and O–H groups in total. The Hall–Kier alpha value is -0.160. The summed E-state index contributed by atoms with van der Waals surface area (Å²) in [6.07, 6.45) is 9.58. The molecule has 196 valence electrons. The van der Waals surface area contributed by atoms with Gasteiger partial charge < -0.3 is 20.7 Å². The molecular formula is C30H53NO3. The molecule has 0 unspecified atom stereocenters. The van der Waals surface area contributed by atoms with Crippen LogP contribution in [-0.2, 0) is 4.74 Å². The van der Waals surface area contributed by atoms with Crippen molar-refractivity contribution in [1.82, 2.24) is 0 Å². The van der Waals surface area contributed by atoms with E-state index in [1.165, 1.54) is 25.7 Å². The summed E-state index contributed by atoms with van der Waals surface area (Å²) in [6.45, 7) is 18.5. The van der Waals surface area contributed by atoms with E-state index in [9.17, 15) is 10.2 Å². The Kier molecular flexibility index (Phi) is 5.59. The monoisotopic (exact) mass is 475 g/mol. The van der Waals surface area contributed by atoms with Crippen LogP contribution in [0.25, 0.3) is 0 Å². The fourth-order valence-corrected chi connectivity index (χ4v) is 11.1. The van der Waals surface area contributed by atoms with Crippen molar-refractivity contribution < 1.29 is 14.9 Å². The lowest BCUT2D eigenvalue weighted by Crippen LogP contribution is -2.67. The fourth-order valence-electron chi connectivity index (χ4n) is 11.1. The van der Waals surface area contributed by atoms with E-state index in [2.05, 4.69) is 41.5 Å². The van der Waals surface area contributed by atoms with Crippen LogP contribution in [-0.4, -0.2) is 39.7 Å². The number of hydrogen-bond acceptors (Lipinski definition) is 4. The van der Waals surface area contributed by atoms with Crippen LogP contribution in [0.2, 0.25) is 0 Å². The van der Waals surface area contributed by atoms with E-state index in [1.54, 1.807) is 0 Å². The Morgan fingerprint density at radius 2 is 1.47 bits per heavy atom. The van der Waals surface area contributed by atoms with Gasteiger partial charge in [0.1, 0.15) is 0 Å². The van der Waals surface area contributed by atoms with Crippen molar-refractivity contribution in [3.63, 3.8) is 0 Å². The molecular weight excluding hydrogens is 422 g/mol. The van der Waals surface area contributed by atoms with Crippen molar-refractivity contribution in [3.8, 4) is 0 Å². The molecule has 4 aliphatic carbocycles. The van der Waals surface area contributed by atoms with Crippen LogP contribution in [0.3, 0.4) is 0 Å². The maximum absolute atomic E-state index is 11.9. The van der Waals surface area contributed by atoms with Crippen LogP contribution in [0.4, 0.5) is 0 Å². The van der Waals surface area contributed by atoms with Crippen molar-refractivity contribution in [2.45, 2.75) is 143 Å². The molecule has 0 bridgehead atoms. The lowest BCUT2D eigenvalue weighted by atomic mass is 9.35. The average Bonchev–Trinajstić information content (AvgIpc) is 3.30. The summed E-state index contributed by atoms with van der Waals surface area (Å²) >= 11 is 0. The van der Waals surface area contributed by atoms with E-state index >= 15 is 0 Å². The zero-order valence-corrected chi connectivity index (χ0v) is 23.3. The number of rotatable bonds is 2. The quantitative estimate of drug-likeness (QED) is 0.480. The number of aliphatic hydroxyl groups is 2. The van der Waals surface area contributed by atoms with Gasteiger partial charge in [-0.05, 0) is 124 Å². The molecule has 5 fully saturated rings. The van der Waals surface area contributed by atoms with Crippen molar-refractivity contribution >= 4 is 0 Å². The van der Waals surface area contributed by atoms with Gasteiger partial charge in [0, 0.05) is 6.04 Å². The van der Waals surface area contributed by atoms with Gasteiger partial charge >= 0.3 is 0 Å². The fraction of sp³-hybridized carbons (Fsp3) is 1.00. The summed E-state index contributed by atoms with van der Waals surface area (Å²) < 4.78 is 6.68. The molecule has 11 atom stereocenters. The van der Waals surface area contributed by atoms with Gasteiger partial charge in [-0.2, -0.15) is 0 Å². The Bertz CT molecular complexity index is 820. The van der Waals surface area contributed by atoms with Gasteiger partial charge in [-0.1, -0.05) is 34.6 Å². The number of hydrogen-bond donors (Lipinski definition) is 3. The van der Waals surface area contributed by atoms with Crippen molar-refractivity contribution in [1.29, 1.82) is 0 Å². The number of fused-ring (bicyclic) bond motifs is 5. The second-order valence-corrected chi connectivity index (χ2v) is 15.5. The summed E-state index contributed by atoms with van der Waals surface area (Å²) in [4.78, 5) is 0. The minimum atomic E-state index is -0.816. The zero-order chi connectivity index (χ0) is 25.1. The van der Waals surface area contributed by atoms with Gasteiger partial charge in [0.25, 0.3) is 0 Å². The highest BCUT2D eigenvalue weighted by Crippen LogP contribution is 2.76. The number of nitrogens with two attached hydrogens (primary N) is 1. The van der Waals surface area contributed by atoms with Gasteiger partial charge in [0.2, 0.25) is 0 Å². The zero-order valence-electron chi connectivity index (χ0n) is 23.3. The maximum atomic E-state index is 11.9. The van der Waals surface area contributed by atoms with Gasteiger partial charge in [0.15, 0.2) is 0 Å². The van der Waals surface area contributed by atoms with E-state index in [0.29, 0.717) is 17.8 Å². The van der Waals surface area contributed by atoms with Gasteiger partial charge in [0.05, 0.1) is 23.4 Å². The molecule has 0 aromatic carbocycles. The summed E-state index contributed by atoms with van der Waals surface area (Å²) in [5.74, 6) is 1.81. The van der Waals surface area contributed by atoms with Crippen LogP contribution < -0.4 is 5.73 Å². The second-order valence-electron chi connectivity index (χ2n) is 15.5. The summed E-state index contributed by atoms with van der Waals surface area (Å²) in [7, 11) is 0. The van der Waals surface area contributed by atoms with E-state index < -0.39 is 5.60 Å². The molecule has 4 saturated carbocycles. The summed E-state index contributed by atoms with van der Waals surface area (Å²) in [5, 5.41) is 22.6. The number of ether oxygens (including phenoxy) is 1. The van der Waals surface area contributed by atoms with Gasteiger partial charge in [-0.3, -0.25) is 0 Å². The molecule has 1 heterocycles. The topological polar surface area (TPSA) is 75.7 Å². The van der Waals surface area contributed by atoms with Crippen molar-refractivity contribution in [2.75, 3.05) is 0 Å². The predicted octanol–water partition coefficient (Wildman–Crippen LogP) is 5.68. The summed E-state index contributed by atoms with van der Waals surface area (Å²) in [6, 6.07) is 0.283. The molecule has 0 aromatic heterocycles. The van der Waals surface area contributed by atoms with Gasteiger partial charge in [-0.15, -0.1) is 0 Å². The standard InChI is InChI=1S/C30H53NO3/c1-25(2)20-10-15-28(6)21(27(20,5)13-11-22(25)31)17-19(32)24-18(9-14-29(24,28)7)30(8)16-12-23(34-30)26(3,4)33/h18-24,32-33H,9-17,31H2,1-8H3/t18-,19+,20-,21+,22-,23+,24-,27-,28+,29+,30-/m0/s1. The molecule has 1 saturated heterocycles. The Morgan fingerprint density at radius 3 is 2.09 bits per heavy atom. The van der Waals surface area contributed by atoms with E-state index in [-0.39, 0.29) is 51.4 Å². The molecule has 5 rings (SSSR count). The minimum Gasteiger partial charge on any atom is -0.393 e. The molecule has 5 aliphatic rings. The molecule has 0 radical (unpaired) electrons. The van der Waals surface area contributed by atoms with Crippen LogP contribution in [0.5, 0.6) is 0 Å². The lowest BCUT2D eigenvalue weighted by molar-refractivity contribution is -0.239. The Labute approximate surface area is 208 Å². The molecule has 4 heteroatoms. The van der Waals surface area contributed by atoms with Crippen LogP contribution in [0.1, 0.15) is 113 Å². The number of aliphatic hydroxyl groups excluding tert-OH is 1. The average molecular weight is 476 g/mol. The Balaban J connectivity index is 1.48. The Morgan fingerprint density at radius 1 is 0.824 bits per heavy atom. The van der Waals surface area contributed by atoms with Crippen molar-refractivity contribution in [2.24, 2.45) is 51.1 Å². The van der Waals surface area contributed by atoms with E-state index in [4.69, 9.17) is 10.5 Å². The van der Waals surface area contributed by atoms with Gasteiger partial charge in [-0.25, -0.2) is 0 Å². The maximum Gasteiger partial charge on any atom is 0.0865 e. The smallest absolute Gasteiger partial charge is 0.0865 e. The first kappa shape index (κ1) is 25.5. The summed E-state index contributed by atoms with van der Waals surface area (Å²) in [5.41, 5.74) is 6.38. The predicted molar refractivity (Wildman–Crippen MR) is 137 cm³/mol. The highest BCUT2D eigenvalue weighted by Gasteiger charge is 2.71. The van der Waals surface area contributed by atoms with E-state index in [0.717, 1.165) is 32.1 Å². The second kappa shape index (κ2) is 7.45. The normalized spacial score (nSPS) is 57.1.